The average molecular weight is 352 g/mol. The molecule has 0 saturated carbocycles. The highest BCUT2D eigenvalue weighted by molar-refractivity contribution is 6.02. The zero-order chi connectivity index (χ0) is 19.5. The highest BCUT2D eigenvalue weighted by atomic mass is 16.5. The van der Waals surface area contributed by atoms with Gasteiger partial charge in [0.1, 0.15) is 11.2 Å². The molecule has 0 saturated heterocycles. The van der Waals surface area contributed by atoms with Crippen LogP contribution in [0.2, 0.25) is 0 Å². The molecule has 2 N–H and O–H groups in total. The van der Waals surface area contributed by atoms with Crippen molar-refractivity contribution in [1.82, 2.24) is 0 Å². The van der Waals surface area contributed by atoms with Crippen LogP contribution < -0.4 is 9.47 Å². The summed E-state index contributed by atoms with van der Waals surface area (Å²) >= 11 is 0. The molecular formula is C22H28N2O2. The van der Waals surface area contributed by atoms with Crippen LogP contribution in [-0.2, 0) is 0 Å². The smallest absolute Gasteiger partial charge is 0.171 e. The number of benzene rings is 2. The van der Waals surface area contributed by atoms with E-state index in [1.807, 2.05) is 77.9 Å². The summed E-state index contributed by atoms with van der Waals surface area (Å²) in [4.78, 5) is 0. The number of rotatable bonds is 5. The van der Waals surface area contributed by atoms with Crippen LogP contribution in [0.3, 0.4) is 0 Å². The SMILES string of the molecule is CC(C)(C)Oc1cc(-c2ccccc2)c(C=N)c(C=N)c1OC(C)(C)C. The molecule has 2 aromatic rings. The van der Waals surface area contributed by atoms with E-state index < -0.39 is 11.2 Å². The quantitative estimate of drug-likeness (QED) is 0.677. The summed E-state index contributed by atoms with van der Waals surface area (Å²) in [6.07, 6.45) is 2.52. The van der Waals surface area contributed by atoms with Crippen molar-refractivity contribution in [3.63, 3.8) is 0 Å². The molecule has 0 radical (unpaired) electrons. The van der Waals surface area contributed by atoms with Crippen LogP contribution in [0.15, 0.2) is 36.4 Å². The minimum atomic E-state index is -0.457. The first-order valence-electron chi connectivity index (χ1n) is 8.71. The minimum Gasteiger partial charge on any atom is -0.484 e. The van der Waals surface area contributed by atoms with E-state index in [0.717, 1.165) is 11.1 Å². The molecule has 2 aromatic carbocycles. The predicted molar refractivity (Wildman–Crippen MR) is 108 cm³/mol. The number of hydrogen-bond acceptors (Lipinski definition) is 4. The predicted octanol–water partition coefficient (Wildman–Crippen LogP) is 5.70. The summed E-state index contributed by atoms with van der Waals surface area (Å²) in [5.74, 6) is 1.08. The lowest BCUT2D eigenvalue weighted by molar-refractivity contribution is 0.0957. The topological polar surface area (TPSA) is 66.2 Å². The molecule has 0 aliphatic heterocycles. The van der Waals surface area contributed by atoms with Crippen molar-refractivity contribution in [2.24, 2.45) is 0 Å². The molecule has 0 aliphatic carbocycles. The fourth-order valence-corrected chi connectivity index (χ4v) is 2.65. The van der Waals surface area contributed by atoms with E-state index in [1.54, 1.807) is 0 Å². The van der Waals surface area contributed by atoms with Crippen molar-refractivity contribution in [1.29, 1.82) is 10.8 Å². The largest absolute Gasteiger partial charge is 0.484 e. The molecule has 26 heavy (non-hydrogen) atoms. The van der Waals surface area contributed by atoms with Gasteiger partial charge in [-0.25, -0.2) is 0 Å². The fourth-order valence-electron chi connectivity index (χ4n) is 2.65. The van der Waals surface area contributed by atoms with Crippen molar-refractivity contribution >= 4 is 12.4 Å². The van der Waals surface area contributed by atoms with Gasteiger partial charge in [-0.3, -0.25) is 0 Å². The van der Waals surface area contributed by atoms with Crippen molar-refractivity contribution in [2.45, 2.75) is 52.7 Å². The van der Waals surface area contributed by atoms with Crippen LogP contribution in [0.1, 0.15) is 52.7 Å². The Labute approximate surface area is 156 Å². The van der Waals surface area contributed by atoms with E-state index >= 15 is 0 Å². The van der Waals surface area contributed by atoms with Crippen LogP contribution in [0.25, 0.3) is 11.1 Å². The second kappa shape index (κ2) is 7.32. The molecule has 0 unspecified atom stereocenters. The van der Waals surface area contributed by atoms with Gasteiger partial charge < -0.3 is 20.3 Å². The molecule has 4 heteroatoms. The van der Waals surface area contributed by atoms with E-state index in [0.29, 0.717) is 22.6 Å². The van der Waals surface area contributed by atoms with E-state index in [1.165, 1.54) is 12.4 Å². The van der Waals surface area contributed by atoms with Gasteiger partial charge in [0.2, 0.25) is 0 Å². The third-order valence-electron chi connectivity index (χ3n) is 3.52. The molecule has 2 rings (SSSR count). The maximum absolute atomic E-state index is 7.96. The van der Waals surface area contributed by atoms with Crippen molar-refractivity contribution in [3.8, 4) is 22.6 Å². The van der Waals surface area contributed by atoms with Crippen molar-refractivity contribution in [3.05, 3.63) is 47.5 Å². The van der Waals surface area contributed by atoms with Crippen LogP contribution in [0.4, 0.5) is 0 Å². The Bertz CT molecular complexity index is 798. The van der Waals surface area contributed by atoms with Crippen molar-refractivity contribution in [2.75, 3.05) is 0 Å². The highest BCUT2D eigenvalue weighted by Crippen LogP contribution is 2.41. The summed E-state index contributed by atoms with van der Waals surface area (Å²) in [5.41, 5.74) is 2.13. The summed E-state index contributed by atoms with van der Waals surface area (Å²) < 4.78 is 12.3. The van der Waals surface area contributed by atoms with Crippen molar-refractivity contribution < 1.29 is 9.47 Å². The molecule has 0 bridgehead atoms. The monoisotopic (exact) mass is 352 g/mol. The molecule has 0 spiro atoms. The van der Waals surface area contributed by atoms with Gasteiger partial charge in [0.15, 0.2) is 11.5 Å². The van der Waals surface area contributed by atoms with Crippen LogP contribution in [0.5, 0.6) is 11.5 Å². The maximum atomic E-state index is 7.96. The Hall–Kier alpha value is -2.62. The molecule has 0 fully saturated rings. The average Bonchev–Trinajstić information content (AvgIpc) is 2.54. The summed E-state index contributed by atoms with van der Waals surface area (Å²) in [6.45, 7) is 11.8. The van der Waals surface area contributed by atoms with Gasteiger partial charge in [0.25, 0.3) is 0 Å². The highest BCUT2D eigenvalue weighted by Gasteiger charge is 2.25. The first-order chi connectivity index (χ1) is 12.1. The molecular weight excluding hydrogens is 324 g/mol. The molecule has 0 aliphatic rings. The van der Waals surface area contributed by atoms with Gasteiger partial charge in [-0.15, -0.1) is 0 Å². The molecule has 0 atom stereocenters. The maximum Gasteiger partial charge on any atom is 0.171 e. The summed E-state index contributed by atoms with van der Waals surface area (Å²) in [7, 11) is 0. The number of ether oxygens (including phenoxy) is 2. The third-order valence-corrected chi connectivity index (χ3v) is 3.52. The van der Waals surface area contributed by atoms with E-state index in [4.69, 9.17) is 20.3 Å². The first kappa shape index (κ1) is 19.7. The molecule has 0 aromatic heterocycles. The lowest BCUT2D eigenvalue weighted by Crippen LogP contribution is -2.27. The first-order valence-corrected chi connectivity index (χ1v) is 8.71. The zero-order valence-corrected chi connectivity index (χ0v) is 16.4. The summed E-state index contributed by atoms with van der Waals surface area (Å²) in [5, 5.41) is 15.9. The normalized spacial score (nSPS) is 11.8. The number of hydrogen-bond donors (Lipinski definition) is 2. The third kappa shape index (κ3) is 4.72. The zero-order valence-electron chi connectivity index (χ0n) is 16.4. The Morgan fingerprint density at radius 3 is 1.77 bits per heavy atom. The number of nitrogens with one attached hydrogen (secondary N) is 2. The molecule has 0 amide bonds. The second-order valence-electron chi connectivity index (χ2n) is 8.16. The van der Waals surface area contributed by atoms with Gasteiger partial charge in [-0.05, 0) is 58.7 Å². The van der Waals surface area contributed by atoms with Crippen LogP contribution >= 0.6 is 0 Å². The second-order valence-corrected chi connectivity index (χ2v) is 8.16. The lowest BCUT2D eigenvalue weighted by atomic mass is 9.94. The van der Waals surface area contributed by atoms with E-state index in [-0.39, 0.29) is 0 Å². The molecule has 138 valence electrons. The standard InChI is InChI=1S/C22H28N2O2/c1-21(2,3)25-19-12-16(15-10-8-7-9-11-15)17(13-23)18(14-24)20(19)26-22(4,5)6/h7-14,23-24H,1-6H3. The van der Waals surface area contributed by atoms with E-state index in [2.05, 4.69) is 0 Å². The Balaban J connectivity index is 2.82. The van der Waals surface area contributed by atoms with Gasteiger partial charge in [-0.1, -0.05) is 30.3 Å². The van der Waals surface area contributed by atoms with E-state index in [9.17, 15) is 0 Å². The lowest BCUT2D eigenvalue weighted by Gasteiger charge is -2.29. The van der Waals surface area contributed by atoms with Gasteiger partial charge in [0.05, 0.1) is 0 Å². The molecule has 4 nitrogen and oxygen atoms in total. The minimum absolute atomic E-state index is 0.421. The van der Waals surface area contributed by atoms with Crippen LogP contribution in [0, 0.1) is 10.8 Å². The summed E-state index contributed by atoms with van der Waals surface area (Å²) in [6, 6.07) is 11.8. The van der Waals surface area contributed by atoms with Gasteiger partial charge in [-0.2, -0.15) is 0 Å². The van der Waals surface area contributed by atoms with Crippen LogP contribution in [-0.4, -0.2) is 23.6 Å². The van der Waals surface area contributed by atoms with Gasteiger partial charge >= 0.3 is 0 Å². The van der Waals surface area contributed by atoms with Gasteiger partial charge in [0, 0.05) is 23.6 Å². The Kier molecular flexibility index (Phi) is 5.55. The molecule has 0 heterocycles. The Morgan fingerprint density at radius 2 is 1.31 bits per heavy atom. The Morgan fingerprint density at radius 1 is 0.769 bits per heavy atom. The fraction of sp³-hybridized carbons (Fsp3) is 0.364.